The quantitative estimate of drug-likeness (QED) is 0.657. The molecule has 0 aliphatic carbocycles. The summed E-state index contributed by atoms with van der Waals surface area (Å²) in [5.74, 6) is 0.326. The Bertz CT molecular complexity index is 853. The second-order valence-corrected chi connectivity index (χ2v) is 6.44. The number of benzene rings is 2. The Morgan fingerprint density at radius 1 is 1.04 bits per heavy atom. The van der Waals surface area contributed by atoms with Crippen LogP contribution in [0.5, 0.6) is 0 Å². The highest BCUT2D eigenvalue weighted by Gasteiger charge is 2.11. The number of carbonyl (C=O) groups excluding carboxylic acids is 1. The predicted octanol–water partition coefficient (Wildman–Crippen LogP) is 4.66. The molecule has 0 bridgehead atoms. The van der Waals surface area contributed by atoms with Gasteiger partial charge in [-0.3, -0.25) is 4.79 Å². The van der Waals surface area contributed by atoms with Gasteiger partial charge < -0.3 is 10.6 Å². The molecular formula is C19H17BrN4O. The summed E-state index contributed by atoms with van der Waals surface area (Å²) in [6.07, 6.45) is 1.39. The maximum Gasteiger partial charge on any atom is 0.274 e. The molecule has 0 fully saturated rings. The van der Waals surface area contributed by atoms with Gasteiger partial charge in [-0.1, -0.05) is 46.3 Å². The molecule has 0 aliphatic heterocycles. The van der Waals surface area contributed by atoms with Crippen molar-refractivity contribution in [2.24, 2.45) is 0 Å². The molecule has 0 aliphatic rings. The third-order valence-electron chi connectivity index (χ3n) is 3.67. The van der Waals surface area contributed by atoms with Crippen molar-refractivity contribution in [1.82, 2.24) is 9.97 Å². The summed E-state index contributed by atoms with van der Waals surface area (Å²) in [5, 5.41) is 6.11. The van der Waals surface area contributed by atoms with Crippen LogP contribution in [0.25, 0.3) is 0 Å². The summed E-state index contributed by atoms with van der Waals surface area (Å²) in [6.45, 7) is 2.04. The first-order chi connectivity index (χ1) is 12.1. The molecule has 2 N–H and O–H groups in total. The molecule has 0 saturated carbocycles. The summed E-state index contributed by atoms with van der Waals surface area (Å²) >= 11 is 3.37. The summed E-state index contributed by atoms with van der Waals surface area (Å²) in [6, 6.07) is 19.1. The van der Waals surface area contributed by atoms with Gasteiger partial charge in [0.25, 0.3) is 5.91 Å². The molecule has 0 saturated heterocycles. The molecule has 1 heterocycles. The molecule has 2 aromatic carbocycles. The van der Waals surface area contributed by atoms with Crippen LogP contribution >= 0.6 is 15.9 Å². The Morgan fingerprint density at radius 2 is 1.76 bits per heavy atom. The maximum atomic E-state index is 12.4. The minimum Gasteiger partial charge on any atom is -0.363 e. The first kappa shape index (κ1) is 17.1. The first-order valence-electron chi connectivity index (χ1n) is 7.82. The Kier molecular flexibility index (Phi) is 5.40. The van der Waals surface area contributed by atoms with Crippen LogP contribution in [-0.2, 0) is 0 Å². The van der Waals surface area contributed by atoms with Gasteiger partial charge in [0, 0.05) is 22.3 Å². The van der Waals surface area contributed by atoms with E-state index in [2.05, 4.69) is 36.5 Å². The molecule has 126 valence electrons. The summed E-state index contributed by atoms with van der Waals surface area (Å²) in [4.78, 5) is 20.6. The molecule has 1 aromatic heterocycles. The number of rotatable bonds is 5. The Balaban J connectivity index is 1.70. The van der Waals surface area contributed by atoms with Crippen LogP contribution in [0.4, 0.5) is 11.5 Å². The second-order valence-electron chi connectivity index (χ2n) is 5.53. The van der Waals surface area contributed by atoms with Crippen LogP contribution in [0, 0.1) is 0 Å². The molecule has 6 heteroatoms. The van der Waals surface area contributed by atoms with E-state index in [1.54, 1.807) is 6.07 Å². The van der Waals surface area contributed by atoms with Crippen molar-refractivity contribution in [2.45, 2.75) is 13.0 Å². The van der Waals surface area contributed by atoms with E-state index < -0.39 is 0 Å². The Labute approximate surface area is 154 Å². The van der Waals surface area contributed by atoms with E-state index in [4.69, 9.17) is 0 Å². The van der Waals surface area contributed by atoms with E-state index in [1.807, 2.05) is 61.5 Å². The number of carbonyl (C=O) groups is 1. The van der Waals surface area contributed by atoms with E-state index >= 15 is 0 Å². The number of amides is 1. The third kappa shape index (κ3) is 4.64. The van der Waals surface area contributed by atoms with Crippen LogP contribution in [0.2, 0.25) is 0 Å². The van der Waals surface area contributed by atoms with Crippen molar-refractivity contribution in [1.29, 1.82) is 0 Å². The molecule has 25 heavy (non-hydrogen) atoms. The van der Waals surface area contributed by atoms with E-state index in [0.29, 0.717) is 17.2 Å². The van der Waals surface area contributed by atoms with Crippen LogP contribution in [0.1, 0.15) is 29.0 Å². The highest BCUT2D eigenvalue weighted by Crippen LogP contribution is 2.18. The Hall–Kier alpha value is -2.73. The van der Waals surface area contributed by atoms with Crippen molar-refractivity contribution < 1.29 is 4.79 Å². The molecule has 0 radical (unpaired) electrons. The van der Waals surface area contributed by atoms with E-state index in [9.17, 15) is 4.79 Å². The lowest BCUT2D eigenvalue weighted by atomic mass is 10.1. The summed E-state index contributed by atoms with van der Waals surface area (Å²) < 4.78 is 0.953. The predicted molar refractivity (Wildman–Crippen MR) is 103 cm³/mol. The first-order valence-corrected chi connectivity index (χ1v) is 8.61. The Morgan fingerprint density at radius 3 is 2.48 bits per heavy atom. The van der Waals surface area contributed by atoms with Crippen LogP contribution in [0.15, 0.2) is 71.5 Å². The fourth-order valence-electron chi connectivity index (χ4n) is 2.34. The van der Waals surface area contributed by atoms with Crippen molar-refractivity contribution >= 4 is 33.3 Å². The maximum absolute atomic E-state index is 12.4. The van der Waals surface area contributed by atoms with Gasteiger partial charge in [0.1, 0.15) is 17.8 Å². The SMILES string of the molecule is CC(Nc1cc(C(=O)Nc2ccc(Br)cc2)ncn1)c1ccccc1. The number of nitrogens with one attached hydrogen (secondary N) is 2. The van der Waals surface area contributed by atoms with Crippen molar-refractivity contribution in [3.05, 3.63) is 82.7 Å². The smallest absolute Gasteiger partial charge is 0.274 e. The minimum atomic E-state index is -0.278. The number of nitrogens with zero attached hydrogens (tertiary/aromatic N) is 2. The monoisotopic (exact) mass is 396 g/mol. The van der Waals surface area contributed by atoms with Gasteiger partial charge in [-0.05, 0) is 36.8 Å². The summed E-state index contributed by atoms with van der Waals surface area (Å²) in [7, 11) is 0. The minimum absolute atomic E-state index is 0.0680. The van der Waals surface area contributed by atoms with Gasteiger partial charge in [-0.25, -0.2) is 9.97 Å². The number of anilines is 2. The van der Waals surface area contributed by atoms with Crippen molar-refractivity contribution in [3.8, 4) is 0 Å². The molecule has 1 unspecified atom stereocenters. The average molecular weight is 397 g/mol. The molecule has 3 rings (SSSR count). The zero-order valence-electron chi connectivity index (χ0n) is 13.6. The molecule has 1 atom stereocenters. The molecule has 3 aromatic rings. The van der Waals surface area contributed by atoms with Gasteiger partial charge in [0.05, 0.1) is 0 Å². The lowest BCUT2D eigenvalue weighted by Gasteiger charge is -2.15. The molecular weight excluding hydrogens is 380 g/mol. The van der Waals surface area contributed by atoms with Gasteiger partial charge >= 0.3 is 0 Å². The lowest BCUT2D eigenvalue weighted by Crippen LogP contribution is -2.15. The standard InChI is InChI=1S/C19H17BrN4O/c1-13(14-5-3-2-4-6-14)23-18-11-17(21-12-22-18)19(25)24-16-9-7-15(20)8-10-16/h2-13H,1H3,(H,24,25)(H,21,22,23). The van der Waals surface area contributed by atoms with E-state index in [1.165, 1.54) is 6.33 Å². The zero-order valence-corrected chi connectivity index (χ0v) is 15.2. The molecule has 1 amide bonds. The van der Waals surface area contributed by atoms with Crippen LogP contribution in [-0.4, -0.2) is 15.9 Å². The lowest BCUT2D eigenvalue weighted by molar-refractivity contribution is 0.102. The number of aromatic nitrogens is 2. The fraction of sp³-hybridized carbons (Fsp3) is 0.105. The largest absolute Gasteiger partial charge is 0.363 e. The topological polar surface area (TPSA) is 66.9 Å². The van der Waals surface area contributed by atoms with Crippen molar-refractivity contribution in [2.75, 3.05) is 10.6 Å². The van der Waals surface area contributed by atoms with Crippen molar-refractivity contribution in [3.63, 3.8) is 0 Å². The van der Waals surface area contributed by atoms with Gasteiger partial charge in [0.2, 0.25) is 0 Å². The highest BCUT2D eigenvalue weighted by atomic mass is 79.9. The molecule has 0 spiro atoms. The average Bonchev–Trinajstić information content (AvgIpc) is 2.64. The van der Waals surface area contributed by atoms with Crippen LogP contribution in [0.3, 0.4) is 0 Å². The third-order valence-corrected chi connectivity index (χ3v) is 4.19. The number of hydrogen-bond acceptors (Lipinski definition) is 4. The van der Waals surface area contributed by atoms with E-state index in [0.717, 1.165) is 10.0 Å². The number of halogens is 1. The highest BCUT2D eigenvalue weighted by molar-refractivity contribution is 9.10. The molecule has 5 nitrogen and oxygen atoms in total. The fourth-order valence-corrected chi connectivity index (χ4v) is 2.60. The number of hydrogen-bond donors (Lipinski definition) is 2. The van der Waals surface area contributed by atoms with Gasteiger partial charge in [-0.15, -0.1) is 0 Å². The summed E-state index contributed by atoms with van der Waals surface area (Å²) in [5.41, 5.74) is 2.15. The normalized spacial score (nSPS) is 11.6. The van der Waals surface area contributed by atoms with E-state index in [-0.39, 0.29) is 11.9 Å². The second kappa shape index (κ2) is 7.90. The van der Waals surface area contributed by atoms with Gasteiger partial charge in [-0.2, -0.15) is 0 Å². The van der Waals surface area contributed by atoms with Crippen LogP contribution < -0.4 is 10.6 Å². The van der Waals surface area contributed by atoms with Gasteiger partial charge in [0.15, 0.2) is 0 Å². The zero-order chi connectivity index (χ0) is 17.6.